The second kappa shape index (κ2) is 4.95. The zero-order valence-electron chi connectivity index (χ0n) is 9.32. The number of thiocarbonyl (C=S) groups is 1. The van der Waals surface area contributed by atoms with Crippen LogP contribution in [0.2, 0.25) is 0 Å². The Morgan fingerprint density at radius 3 is 2.94 bits per heavy atom. The van der Waals surface area contributed by atoms with Crippen molar-refractivity contribution >= 4 is 46.3 Å². The van der Waals surface area contributed by atoms with E-state index < -0.39 is 17.9 Å². The number of furan rings is 1. The summed E-state index contributed by atoms with van der Waals surface area (Å²) in [5.74, 6) is -0.972. The first-order valence-electron chi connectivity index (χ1n) is 5.04. The number of hydrogen-bond donors (Lipinski definition) is 1. The van der Waals surface area contributed by atoms with Gasteiger partial charge in [-0.15, -0.1) is 0 Å². The molecule has 0 bridgehead atoms. The van der Waals surface area contributed by atoms with Crippen molar-refractivity contribution in [1.82, 2.24) is 4.90 Å². The number of rotatable bonds is 3. The minimum atomic E-state index is -1.09. The average molecular weight is 283 g/mol. The minimum absolute atomic E-state index is 0.243. The van der Waals surface area contributed by atoms with Crippen LogP contribution in [0.5, 0.6) is 0 Å². The molecule has 1 aromatic heterocycles. The number of hydrogen-bond acceptors (Lipinski definition) is 5. The second-order valence-corrected chi connectivity index (χ2v) is 5.26. The largest absolute Gasteiger partial charge is 0.480 e. The lowest BCUT2D eigenvalue weighted by atomic mass is 10.3. The lowest BCUT2D eigenvalue weighted by Crippen LogP contribution is -2.41. The van der Waals surface area contributed by atoms with Crippen LogP contribution in [0, 0.1) is 0 Å². The molecule has 1 N–H and O–H groups in total. The molecular weight excluding hydrogens is 274 g/mol. The molecule has 1 amide bonds. The molecule has 0 saturated carbocycles. The number of nitrogens with zero attached hydrogens (tertiary/aromatic N) is 1. The van der Waals surface area contributed by atoms with Crippen molar-refractivity contribution < 1.29 is 19.1 Å². The van der Waals surface area contributed by atoms with Crippen molar-refractivity contribution in [3.8, 4) is 0 Å². The van der Waals surface area contributed by atoms with Crippen molar-refractivity contribution in [2.45, 2.75) is 13.0 Å². The monoisotopic (exact) mass is 283 g/mol. The molecule has 1 aliphatic rings. The molecule has 0 spiro atoms. The first-order valence-corrected chi connectivity index (χ1v) is 6.26. The number of carbonyl (C=O) groups excluding carboxylic acids is 1. The fourth-order valence-corrected chi connectivity index (χ4v) is 2.83. The summed E-state index contributed by atoms with van der Waals surface area (Å²) in [5.41, 5.74) is 0. The quantitative estimate of drug-likeness (QED) is 0.675. The van der Waals surface area contributed by atoms with Crippen LogP contribution in [0.15, 0.2) is 27.7 Å². The molecule has 1 aromatic rings. The third-order valence-electron chi connectivity index (χ3n) is 2.38. The zero-order valence-corrected chi connectivity index (χ0v) is 11.0. The van der Waals surface area contributed by atoms with E-state index in [2.05, 4.69) is 0 Å². The SMILES string of the molecule is CC(C(=O)O)N1C(=O)/C(=C/c2ccco2)SC1=S. The Labute approximate surface area is 112 Å². The molecule has 0 aliphatic carbocycles. The van der Waals surface area contributed by atoms with Crippen LogP contribution in [0.1, 0.15) is 12.7 Å². The molecule has 7 heteroatoms. The molecule has 1 saturated heterocycles. The first kappa shape index (κ1) is 12.8. The highest BCUT2D eigenvalue weighted by molar-refractivity contribution is 8.26. The Hall–Kier alpha value is -1.60. The van der Waals surface area contributed by atoms with Crippen LogP contribution in [-0.4, -0.2) is 32.2 Å². The highest BCUT2D eigenvalue weighted by Crippen LogP contribution is 2.33. The first-order chi connectivity index (χ1) is 8.50. The van der Waals surface area contributed by atoms with Crippen molar-refractivity contribution in [2.75, 3.05) is 0 Å². The van der Waals surface area contributed by atoms with Gasteiger partial charge in [-0.3, -0.25) is 9.69 Å². The van der Waals surface area contributed by atoms with E-state index in [1.807, 2.05) is 0 Å². The van der Waals surface area contributed by atoms with Crippen LogP contribution in [-0.2, 0) is 9.59 Å². The molecule has 0 aromatic carbocycles. The van der Waals surface area contributed by atoms with Gasteiger partial charge in [-0.2, -0.15) is 0 Å². The van der Waals surface area contributed by atoms with E-state index in [1.165, 1.54) is 13.2 Å². The Balaban J connectivity index is 2.27. The molecule has 94 valence electrons. The smallest absolute Gasteiger partial charge is 0.326 e. The summed E-state index contributed by atoms with van der Waals surface area (Å²) in [7, 11) is 0. The van der Waals surface area contributed by atoms with E-state index in [0.717, 1.165) is 16.7 Å². The molecule has 1 aliphatic heterocycles. The van der Waals surface area contributed by atoms with Crippen LogP contribution in [0.25, 0.3) is 6.08 Å². The highest BCUT2D eigenvalue weighted by atomic mass is 32.2. The molecule has 2 heterocycles. The molecule has 1 fully saturated rings. The van der Waals surface area contributed by atoms with E-state index in [9.17, 15) is 9.59 Å². The van der Waals surface area contributed by atoms with Crippen molar-refractivity contribution in [3.63, 3.8) is 0 Å². The lowest BCUT2D eigenvalue weighted by molar-refractivity contribution is -0.144. The summed E-state index contributed by atoms with van der Waals surface area (Å²) >= 11 is 6.09. The maximum atomic E-state index is 12.0. The third kappa shape index (κ3) is 2.32. The van der Waals surface area contributed by atoms with E-state index in [4.69, 9.17) is 21.7 Å². The Bertz CT molecular complexity index is 535. The Morgan fingerprint density at radius 2 is 2.39 bits per heavy atom. The maximum absolute atomic E-state index is 12.0. The normalized spacial score (nSPS) is 19.6. The second-order valence-electron chi connectivity index (χ2n) is 3.58. The number of amides is 1. The summed E-state index contributed by atoms with van der Waals surface area (Å²) in [6.07, 6.45) is 3.04. The van der Waals surface area contributed by atoms with Crippen molar-refractivity contribution in [2.24, 2.45) is 0 Å². The lowest BCUT2D eigenvalue weighted by Gasteiger charge is -2.18. The number of carboxylic acids is 1. The van der Waals surface area contributed by atoms with Gasteiger partial charge in [-0.05, 0) is 19.1 Å². The zero-order chi connectivity index (χ0) is 13.3. The van der Waals surface area contributed by atoms with E-state index in [1.54, 1.807) is 18.2 Å². The number of carboxylic acid groups (broad SMARTS) is 1. The predicted molar refractivity (Wildman–Crippen MR) is 70.8 cm³/mol. The topological polar surface area (TPSA) is 70.8 Å². The molecular formula is C11H9NO4S2. The van der Waals surface area contributed by atoms with Gasteiger partial charge in [0.25, 0.3) is 5.91 Å². The van der Waals surface area contributed by atoms with E-state index >= 15 is 0 Å². The van der Waals surface area contributed by atoms with Crippen molar-refractivity contribution in [3.05, 3.63) is 29.1 Å². The molecule has 18 heavy (non-hydrogen) atoms. The predicted octanol–water partition coefficient (Wildman–Crippen LogP) is 1.95. The van der Waals surface area contributed by atoms with Crippen LogP contribution >= 0.6 is 24.0 Å². The maximum Gasteiger partial charge on any atom is 0.326 e. The molecule has 1 unspecified atom stereocenters. The summed E-state index contributed by atoms with van der Waals surface area (Å²) in [5, 5.41) is 8.92. The number of carbonyl (C=O) groups is 2. The standard InChI is InChI=1S/C11H9NO4S2/c1-6(10(14)15)12-9(13)8(18-11(12)17)5-7-3-2-4-16-7/h2-6H,1H3,(H,14,15)/b8-5-. The molecule has 5 nitrogen and oxygen atoms in total. The Morgan fingerprint density at radius 1 is 1.67 bits per heavy atom. The van der Waals surface area contributed by atoms with Gasteiger partial charge in [0.2, 0.25) is 0 Å². The van der Waals surface area contributed by atoms with E-state index in [-0.39, 0.29) is 4.32 Å². The number of aliphatic carboxylic acids is 1. The van der Waals surface area contributed by atoms with Gasteiger partial charge < -0.3 is 9.52 Å². The number of thioether (sulfide) groups is 1. The van der Waals surface area contributed by atoms with Gasteiger partial charge >= 0.3 is 5.97 Å². The summed E-state index contributed by atoms with van der Waals surface area (Å²) in [6, 6.07) is 2.43. The van der Waals surface area contributed by atoms with Crippen LogP contribution in [0.3, 0.4) is 0 Å². The van der Waals surface area contributed by atoms with Gasteiger partial charge in [0.15, 0.2) is 0 Å². The summed E-state index contributed by atoms with van der Waals surface area (Å²) < 4.78 is 5.35. The highest BCUT2D eigenvalue weighted by Gasteiger charge is 2.38. The van der Waals surface area contributed by atoms with Crippen molar-refractivity contribution in [1.29, 1.82) is 0 Å². The van der Waals surface area contributed by atoms with Crippen LogP contribution in [0.4, 0.5) is 0 Å². The van der Waals surface area contributed by atoms with Gasteiger partial charge in [-0.25, -0.2) is 4.79 Å². The summed E-state index contributed by atoms with van der Waals surface area (Å²) in [4.78, 5) is 24.4. The fourth-order valence-electron chi connectivity index (χ4n) is 1.43. The van der Waals surface area contributed by atoms with Gasteiger partial charge in [0.1, 0.15) is 16.1 Å². The molecule has 1 atom stereocenters. The minimum Gasteiger partial charge on any atom is -0.480 e. The fraction of sp³-hybridized carbons (Fsp3) is 0.182. The average Bonchev–Trinajstić information content (AvgIpc) is 2.88. The van der Waals surface area contributed by atoms with Gasteiger partial charge in [0.05, 0.1) is 11.2 Å². The van der Waals surface area contributed by atoms with E-state index in [0.29, 0.717) is 10.7 Å². The van der Waals surface area contributed by atoms with Crippen LogP contribution < -0.4 is 0 Å². The van der Waals surface area contributed by atoms with Gasteiger partial charge in [0, 0.05) is 6.08 Å². The Kier molecular flexibility index (Phi) is 3.53. The molecule has 2 rings (SSSR count). The molecule has 0 radical (unpaired) electrons. The third-order valence-corrected chi connectivity index (χ3v) is 3.72. The van der Waals surface area contributed by atoms with Gasteiger partial charge in [-0.1, -0.05) is 24.0 Å². The summed E-state index contributed by atoms with van der Waals surface area (Å²) in [6.45, 7) is 1.42.